The van der Waals surface area contributed by atoms with Crippen LogP contribution in [0.15, 0.2) is 103 Å². The summed E-state index contributed by atoms with van der Waals surface area (Å²) in [6, 6.07) is 27.9. The number of nitriles is 2. The molecule has 0 aromatic heterocycles. The van der Waals surface area contributed by atoms with Crippen molar-refractivity contribution >= 4 is 5.57 Å². The molecule has 0 N–H and O–H groups in total. The van der Waals surface area contributed by atoms with Crippen LogP contribution in [0.2, 0.25) is 0 Å². The number of hydrogen-bond donors (Lipinski definition) is 0. The normalized spacial score (nSPS) is 11.2. The molecule has 0 fully saturated rings. The number of ether oxygens (including phenoxy) is 1. The summed E-state index contributed by atoms with van der Waals surface area (Å²) in [7, 11) is 0. The molecular weight excluding hydrogens is 476 g/mol. The standard InChI is InChI=1S/C36H38N2O/c1-3-10-32(33-18-13-30(27-37)14-19-33)17-12-29(2)11-8-6-4-5-7-9-26-39-36-24-22-35(23-25-36)34-20-15-31(28-38)16-21-34/h10,12-25H,2-9,11,26H2,1H3/b17-12-,32-10+. The largest absolute Gasteiger partial charge is 0.494 e. The van der Waals surface area contributed by atoms with Gasteiger partial charge >= 0.3 is 0 Å². The third kappa shape index (κ3) is 10.1. The van der Waals surface area contributed by atoms with E-state index in [-0.39, 0.29) is 0 Å². The van der Waals surface area contributed by atoms with E-state index in [9.17, 15) is 0 Å². The van der Waals surface area contributed by atoms with E-state index in [2.05, 4.69) is 56.0 Å². The van der Waals surface area contributed by atoms with Gasteiger partial charge in [0.1, 0.15) is 5.75 Å². The highest BCUT2D eigenvalue weighted by molar-refractivity contribution is 5.74. The molecule has 198 valence electrons. The van der Waals surface area contributed by atoms with Crippen LogP contribution in [0.4, 0.5) is 0 Å². The van der Waals surface area contributed by atoms with Gasteiger partial charge in [-0.1, -0.05) is 99.4 Å². The second-order valence-corrected chi connectivity index (χ2v) is 9.68. The van der Waals surface area contributed by atoms with E-state index >= 15 is 0 Å². The van der Waals surface area contributed by atoms with Crippen molar-refractivity contribution in [2.45, 2.75) is 58.3 Å². The number of unbranched alkanes of at least 4 members (excludes halogenated alkanes) is 5. The zero-order valence-corrected chi connectivity index (χ0v) is 23.0. The first kappa shape index (κ1) is 29.2. The number of allylic oxidation sites excluding steroid dienone is 5. The molecule has 0 aliphatic rings. The van der Waals surface area contributed by atoms with E-state index in [1.807, 2.05) is 60.7 Å². The Balaban J connectivity index is 1.26. The predicted octanol–water partition coefficient (Wildman–Crippen LogP) is 9.81. The molecule has 3 nitrogen and oxygen atoms in total. The molecule has 0 aliphatic heterocycles. The average molecular weight is 515 g/mol. The second kappa shape index (κ2) is 16.5. The number of nitrogens with zero attached hydrogens (tertiary/aromatic N) is 2. The van der Waals surface area contributed by atoms with Gasteiger partial charge in [-0.2, -0.15) is 10.5 Å². The topological polar surface area (TPSA) is 56.8 Å². The van der Waals surface area contributed by atoms with Gasteiger partial charge in [0.2, 0.25) is 0 Å². The Kier molecular flexibility index (Phi) is 12.4. The Labute approximate surface area is 234 Å². The minimum atomic E-state index is 0.673. The van der Waals surface area contributed by atoms with Gasteiger partial charge in [0.15, 0.2) is 0 Å². The summed E-state index contributed by atoms with van der Waals surface area (Å²) in [5.74, 6) is 0.898. The van der Waals surface area contributed by atoms with Crippen LogP contribution in [0, 0.1) is 22.7 Å². The first-order chi connectivity index (χ1) is 19.1. The number of benzene rings is 3. The summed E-state index contributed by atoms with van der Waals surface area (Å²) < 4.78 is 5.92. The van der Waals surface area contributed by atoms with E-state index in [0.717, 1.165) is 60.3 Å². The zero-order chi connectivity index (χ0) is 27.7. The molecule has 0 radical (unpaired) electrons. The number of rotatable bonds is 15. The van der Waals surface area contributed by atoms with Crippen LogP contribution in [-0.2, 0) is 0 Å². The Morgan fingerprint density at radius 3 is 1.85 bits per heavy atom. The minimum Gasteiger partial charge on any atom is -0.494 e. The molecule has 0 unspecified atom stereocenters. The van der Waals surface area contributed by atoms with Crippen LogP contribution in [0.3, 0.4) is 0 Å². The first-order valence-corrected chi connectivity index (χ1v) is 13.9. The Morgan fingerprint density at radius 2 is 1.26 bits per heavy atom. The lowest BCUT2D eigenvalue weighted by molar-refractivity contribution is 0.304. The van der Waals surface area contributed by atoms with Gasteiger partial charge in [-0.25, -0.2) is 0 Å². The maximum absolute atomic E-state index is 9.01. The van der Waals surface area contributed by atoms with Crippen LogP contribution in [0.1, 0.15) is 75.0 Å². The molecule has 0 aliphatic carbocycles. The fourth-order valence-corrected chi connectivity index (χ4v) is 4.36. The van der Waals surface area contributed by atoms with Crippen molar-refractivity contribution in [3.8, 4) is 29.0 Å². The van der Waals surface area contributed by atoms with E-state index in [1.165, 1.54) is 31.3 Å². The molecule has 0 heterocycles. The smallest absolute Gasteiger partial charge is 0.119 e. The van der Waals surface area contributed by atoms with Gasteiger partial charge in [-0.05, 0) is 84.3 Å². The molecule has 0 saturated carbocycles. The third-order valence-electron chi connectivity index (χ3n) is 6.63. The lowest BCUT2D eigenvalue weighted by Crippen LogP contribution is -1.97. The van der Waals surface area contributed by atoms with Crippen molar-refractivity contribution in [3.63, 3.8) is 0 Å². The van der Waals surface area contributed by atoms with Gasteiger partial charge in [-0.3, -0.25) is 0 Å². The SMILES string of the molecule is C=C(/C=C\C(=C/CC)c1ccc(C#N)cc1)CCCCCCCCOc1ccc(-c2ccc(C#N)cc2)cc1. The molecule has 39 heavy (non-hydrogen) atoms. The van der Waals surface area contributed by atoms with E-state index in [0.29, 0.717) is 11.1 Å². The minimum absolute atomic E-state index is 0.673. The molecule has 0 saturated heterocycles. The van der Waals surface area contributed by atoms with Crippen molar-refractivity contribution in [1.29, 1.82) is 10.5 Å². The molecule has 3 heteroatoms. The van der Waals surface area contributed by atoms with Gasteiger partial charge in [0, 0.05) is 0 Å². The molecular formula is C36H38N2O. The van der Waals surface area contributed by atoms with E-state index < -0.39 is 0 Å². The molecule has 3 aromatic carbocycles. The van der Waals surface area contributed by atoms with Gasteiger partial charge in [-0.15, -0.1) is 0 Å². The molecule has 0 atom stereocenters. The first-order valence-electron chi connectivity index (χ1n) is 13.9. The van der Waals surface area contributed by atoms with E-state index in [4.69, 9.17) is 15.3 Å². The molecule has 0 amide bonds. The van der Waals surface area contributed by atoms with Crippen molar-refractivity contribution in [3.05, 3.63) is 120 Å². The maximum atomic E-state index is 9.01. The lowest BCUT2D eigenvalue weighted by Gasteiger charge is -2.08. The van der Waals surface area contributed by atoms with Gasteiger partial charge < -0.3 is 4.74 Å². The molecule has 0 spiro atoms. The fraction of sp³-hybridized carbons (Fsp3) is 0.278. The fourth-order valence-electron chi connectivity index (χ4n) is 4.36. The summed E-state index contributed by atoms with van der Waals surface area (Å²) in [5, 5.41) is 18.0. The summed E-state index contributed by atoms with van der Waals surface area (Å²) >= 11 is 0. The molecule has 3 rings (SSSR count). The summed E-state index contributed by atoms with van der Waals surface area (Å²) in [6.45, 7) is 7.11. The quantitative estimate of drug-likeness (QED) is 0.150. The number of hydrogen-bond acceptors (Lipinski definition) is 3. The van der Waals surface area contributed by atoms with Gasteiger partial charge in [0.25, 0.3) is 0 Å². The highest BCUT2D eigenvalue weighted by atomic mass is 16.5. The zero-order valence-electron chi connectivity index (χ0n) is 23.0. The molecule has 0 bridgehead atoms. The van der Waals surface area contributed by atoms with Crippen LogP contribution in [0.25, 0.3) is 16.7 Å². The van der Waals surface area contributed by atoms with E-state index in [1.54, 1.807) is 0 Å². The average Bonchev–Trinajstić information content (AvgIpc) is 2.99. The van der Waals surface area contributed by atoms with Crippen molar-refractivity contribution in [2.75, 3.05) is 6.61 Å². The maximum Gasteiger partial charge on any atom is 0.119 e. The molecule has 3 aromatic rings. The van der Waals surface area contributed by atoms with Gasteiger partial charge in [0.05, 0.1) is 29.9 Å². The van der Waals surface area contributed by atoms with Crippen LogP contribution >= 0.6 is 0 Å². The van der Waals surface area contributed by atoms with Crippen LogP contribution < -0.4 is 4.74 Å². The predicted molar refractivity (Wildman–Crippen MR) is 162 cm³/mol. The monoisotopic (exact) mass is 514 g/mol. The van der Waals surface area contributed by atoms with Crippen LogP contribution in [0.5, 0.6) is 5.75 Å². The Morgan fingerprint density at radius 1 is 0.718 bits per heavy atom. The van der Waals surface area contributed by atoms with Crippen molar-refractivity contribution in [1.82, 2.24) is 0 Å². The van der Waals surface area contributed by atoms with Crippen molar-refractivity contribution < 1.29 is 4.74 Å². The lowest BCUT2D eigenvalue weighted by atomic mass is 10.0. The summed E-state index contributed by atoms with van der Waals surface area (Å²) in [6.07, 6.45) is 15.6. The third-order valence-corrected chi connectivity index (χ3v) is 6.63. The van der Waals surface area contributed by atoms with Crippen LogP contribution in [-0.4, -0.2) is 6.61 Å². The summed E-state index contributed by atoms with van der Waals surface area (Å²) in [5.41, 5.74) is 7.03. The second-order valence-electron chi connectivity index (χ2n) is 9.68. The highest BCUT2D eigenvalue weighted by Gasteiger charge is 2.01. The highest BCUT2D eigenvalue weighted by Crippen LogP contribution is 2.23. The Hall–Kier alpha value is -4.34. The van der Waals surface area contributed by atoms with Crippen molar-refractivity contribution in [2.24, 2.45) is 0 Å². The Bertz CT molecular complexity index is 1320. The summed E-state index contributed by atoms with van der Waals surface area (Å²) in [4.78, 5) is 0.